The molecule has 3 aromatic rings. The normalized spacial score (nSPS) is 14.5. The number of hydrogen-bond donors (Lipinski definition) is 0. The number of anilines is 1. The monoisotopic (exact) mass is 460 g/mol. The Balaban J connectivity index is 1.50. The summed E-state index contributed by atoms with van der Waals surface area (Å²) in [7, 11) is 0. The van der Waals surface area contributed by atoms with Crippen molar-refractivity contribution in [2.45, 2.75) is 13.1 Å². The first kappa shape index (κ1) is 22.1. The number of hydrogen-bond acceptors (Lipinski definition) is 4. The van der Waals surface area contributed by atoms with Crippen LogP contribution in [0.1, 0.15) is 21.6 Å². The molecule has 32 heavy (non-hydrogen) atoms. The van der Waals surface area contributed by atoms with Crippen LogP contribution in [0, 0.1) is 6.92 Å². The average Bonchev–Trinajstić information content (AvgIpc) is 2.78. The zero-order valence-electron chi connectivity index (χ0n) is 17.2. The molecule has 166 valence electrons. The number of rotatable bonds is 3. The van der Waals surface area contributed by atoms with Crippen LogP contribution in [0.15, 0.2) is 54.6 Å². The smallest absolute Gasteiger partial charge is 0.353 e. The molecule has 0 unspecified atom stereocenters. The first-order valence-corrected chi connectivity index (χ1v) is 10.4. The van der Waals surface area contributed by atoms with Gasteiger partial charge in [-0.3, -0.25) is 4.79 Å². The number of aromatic nitrogens is 2. The Morgan fingerprint density at radius 1 is 0.969 bits per heavy atom. The van der Waals surface area contributed by atoms with E-state index in [2.05, 4.69) is 9.97 Å². The van der Waals surface area contributed by atoms with Gasteiger partial charge in [0.05, 0.1) is 5.56 Å². The highest BCUT2D eigenvalue weighted by Crippen LogP contribution is 2.32. The van der Waals surface area contributed by atoms with Crippen LogP contribution < -0.4 is 4.90 Å². The van der Waals surface area contributed by atoms with E-state index in [9.17, 15) is 18.0 Å². The van der Waals surface area contributed by atoms with E-state index in [0.29, 0.717) is 53.8 Å². The zero-order chi connectivity index (χ0) is 22.9. The molecule has 0 bridgehead atoms. The lowest BCUT2D eigenvalue weighted by atomic mass is 10.1. The van der Waals surface area contributed by atoms with E-state index < -0.39 is 11.7 Å². The Morgan fingerprint density at radius 3 is 2.31 bits per heavy atom. The summed E-state index contributed by atoms with van der Waals surface area (Å²) >= 11 is 5.89. The third-order valence-electron chi connectivity index (χ3n) is 5.27. The highest BCUT2D eigenvalue weighted by atomic mass is 35.5. The summed E-state index contributed by atoms with van der Waals surface area (Å²) < 4.78 is 39.3. The Labute approximate surface area is 188 Å². The molecule has 1 saturated heterocycles. The maximum atomic E-state index is 13.1. The van der Waals surface area contributed by atoms with Crippen molar-refractivity contribution in [3.63, 3.8) is 0 Å². The molecule has 0 saturated carbocycles. The molecule has 0 atom stereocenters. The first-order valence-electron chi connectivity index (χ1n) is 10.0. The Kier molecular flexibility index (Phi) is 6.06. The number of halogens is 4. The van der Waals surface area contributed by atoms with Gasteiger partial charge in [-0.1, -0.05) is 23.7 Å². The first-order chi connectivity index (χ1) is 15.2. The summed E-state index contributed by atoms with van der Waals surface area (Å²) in [5.74, 6) is 0.805. The van der Waals surface area contributed by atoms with Gasteiger partial charge in [-0.25, -0.2) is 9.97 Å². The highest BCUT2D eigenvalue weighted by Gasteiger charge is 2.31. The number of piperazine rings is 1. The molecule has 4 rings (SSSR count). The molecule has 1 aromatic heterocycles. The second-order valence-corrected chi connectivity index (χ2v) is 7.99. The van der Waals surface area contributed by atoms with Crippen molar-refractivity contribution in [3.8, 4) is 11.4 Å². The van der Waals surface area contributed by atoms with Crippen molar-refractivity contribution in [3.05, 3.63) is 76.4 Å². The highest BCUT2D eigenvalue weighted by molar-refractivity contribution is 6.30. The van der Waals surface area contributed by atoms with Crippen LogP contribution in [-0.4, -0.2) is 47.0 Å². The molecule has 0 spiro atoms. The SMILES string of the molecule is Cc1cc(N2CCN(C(=O)c3ccc(Cl)cc3)CC2)nc(-c2cccc(C(F)(F)F)c2)n1. The van der Waals surface area contributed by atoms with Gasteiger partial charge in [0, 0.05) is 54.1 Å². The minimum Gasteiger partial charge on any atom is -0.353 e. The summed E-state index contributed by atoms with van der Waals surface area (Å²) in [5, 5.41) is 0.571. The molecule has 5 nitrogen and oxygen atoms in total. The predicted molar refractivity (Wildman–Crippen MR) is 117 cm³/mol. The lowest BCUT2D eigenvalue weighted by Crippen LogP contribution is -2.49. The van der Waals surface area contributed by atoms with E-state index in [-0.39, 0.29) is 11.7 Å². The Morgan fingerprint density at radius 2 is 1.66 bits per heavy atom. The van der Waals surface area contributed by atoms with E-state index >= 15 is 0 Å². The van der Waals surface area contributed by atoms with Crippen LogP contribution in [0.4, 0.5) is 19.0 Å². The van der Waals surface area contributed by atoms with Crippen LogP contribution in [0.2, 0.25) is 5.02 Å². The number of aryl methyl sites for hydroxylation is 1. The van der Waals surface area contributed by atoms with E-state index in [1.54, 1.807) is 48.2 Å². The van der Waals surface area contributed by atoms with Crippen LogP contribution in [-0.2, 0) is 6.18 Å². The van der Waals surface area contributed by atoms with Gasteiger partial charge in [-0.2, -0.15) is 13.2 Å². The van der Waals surface area contributed by atoms with Gasteiger partial charge in [0.15, 0.2) is 5.82 Å². The maximum Gasteiger partial charge on any atom is 0.416 e. The molecule has 0 N–H and O–H groups in total. The van der Waals surface area contributed by atoms with Gasteiger partial charge in [0.2, 0.25) is 0 Å². The third kappa shape index (κ3) is 4.85. The van der Waals surface area contributed by atoms with E-state index in [0.717, 1.165) is 12.1 Å². The number of amides is 1. The second-order valence-electron chi connectivity index (χ2n) is 7.56. The minimum absolute atomic E-state index is 0.0650. The average molecular weight is 461 g/mol. The quantitative estimate of drug-likeness (QED) is 0.546. The van der Waals surface area contributed by atoms with Gasteiger partial charge < -0.3 is 9.80 Å². The molecule has 2 aromatic carbocycles. The molecule has 0 aliphatic carbocycles. The standard InChI is InChI=1S/C23H20ClF3N4O/c1-15-13-20(29-21(28-15)17-3-2-4-18(14-17)23(25,26)27)30-9-11-31(12-10-30)22(32)16-5-7-19(24)8-6-16/h2-8,13-14H,9-12H2,1H3. The largest absolute Gasteiger partial charge is 0.416 e. The molecule has 1 fully saturated rings. The molecule has 1 aliphatic heterocycles. The van der Waals surface area contributed by atoms with Crippen LogP contribution in [0.25, 0.3) is 11.4 Å². The van der Waals surface area contributed by atoms with Crippen molar-refractivity contribution in [2.75, 3.05) is 31.1 Å². The van der Waals surface area contributed by atoms with Gasteiger partial charge >= 0.3 is 6.18 Å². The maximum absolute atomic E-state index is 13.1. The van der Waals surface area contributed by atoms with Gasteiger partial charge in [0.25, 0.3) is 5.91 Å². The second kappa shape index (κ2) is 8.78. The van der Waals surface area contributed by atoms with E-state index in [4.69, 9.17) is 11.6 Å². The number of alkyl halides is 3. The fourth-order valence-electron chi connectivity index (χ4n) is 3.59. The lowest BCUT2D eigenvalue weighted by Gasteiger charge is -2.35. The number of carbonyl (C=O) groups is 1. The lowest BCUT2D eigenvalue weighted by molar-refractivity contribution is -0.137. The van der Waals surface area contributed by atoms with E-state index in [1.165, 1.54) is 6.07 Å². The fourth-order valence-corrected chi connectivity index (χ4v) is 3.72. The number of carbonyl (C=O) groups excluding carboxylic acids is 1. The fraction of sp³-hybridized carbons (Fsp3) is 0.261. The molecule has 2 heterocycles. The van der Waals surface area contributed by atoms with Crippen LogP contribution in [0.3, 0.4) is 0 Å². The predicted octanol–water partition coefficient (Wildman–Crippen LogP) is 5.09. The summed E-state index contributed by atoms with van der Waals surface area (Å²) in [6, 6.07) is 13.6. The summed E-state index contributed by atoms with van der Waals surface area (Å²) in [6.45, 7) is 3.89. The summed E-state index contributed by atoms with van der Waals surface area (Å²) in [6.07, 6.45) is -4.43. The Bertz CT molecular complexity index is 1130. The van der Waals surface area contributed by atoms with Crippen molar-refractivity contribution >= 4 is 23.3 Å². The molecule has 0 radical (unpaired) electrons. The van der Waals surface area contributed by atoms with Gasteiger partial charge in [-0.15, -0.1) is 0 Å². The molecule has 9 heteroatoms. The van der Waals surface area contributed by atoms with Gasteiger partial charge in [0.1, 0.15) is 5.82 Å². The molecule has 1 aliphatic rings. The third-order valence-corrected chi connectivity index (χ3v) is 5.52. The number of benzene rings is 2. The van der Waals surface area contributed by atoms with Crippen LogP contribution >= 0.6 is 11.6 Å². The van der Waals surface area contributed by atoms with Crippen molar-refractivity contribution in [1.82, 2.24) is 14.9 Å². The van der Waals surface area contributed by atoms with E-state index in [1.807, 2.05) is 4.90 Å². The van der Waals surface area contributed by atoms with Crippen molar-refractivity contribution < 1.29 is 18.0 Å². The summed E-state index contributed by atoms with van der Waals surface area (Å²) in [5.41, 5.74) is 0.798. The topological polar surface area (TPSA) is 49.3 Å². The molecular formula is C23H20ClF3N4O. The summed E-state index contributed by atoms with van der Waals surface area (Å²) in [4.78, 5) is 25.3. The minimum atomic E-state index is -4.43. The van der Waals surface area contributed by atoms with Crippen LogP contribution in [0.5, 0.6) is 0 Å². The van der Waals surface area contributed by atoms with Gasteiger partial charge in [-0.05, 0) is 43.3 Å². The Hall–Kier alpha value is -3.13. The molecule has 1 amide bonds. The number of nitrogens with zero attached hydrogens (tertiary/aromatic N) is 4. The molecular weight excluding hydrogens is 441 g/mol. The van der Waals surface area contributed by atoms with Crippen molar-refractivity contribution in [2.24, 2.45) is 0 Å². The van der Waals surface area contributed by atoms with Crippen molar-refractivity contribution in [1.29, 1.82) is 0 Å². The zero-order valence-corrected chi connectivity index (χ0v) is 18.0.